The topological polar surface area (TPSA) is 36.9 Å². The molecule has 2 heterocycles. The second-order valence-electron chi connectivity index (χ2n) is 7.26. The maximum Gasteiger partial charge on any atom is 0.160 e. The lowest BCUT2D eigenvalue weighted by Crippen LogP contribution is -2.57. The lowest BCUT2D eigenvalue weighted by molar-refractivity contribution is -0.162. The lowest BCUT2D eigenvalue weighted by atomic mass is 9.78. The molecule has 26 heavy (non-hydrogen) atoms. The van der Waals surface area contributed by atoms with Gasteiger partial charge in [0.1, 0.15) is 12.2 Å². The number of hydrogen-bond acceptors (Lipinski definition) is 6. The second-order valence-corrected chi connectivity index (χ2v) is 10.2. The quantitative estimate of drug-likeness (QED) is 0.503. The van der Waals surface area contributed by atoms with Crippen LogP contribution in [0.3, 0.4) is 0 Å². The van der Waals surface area contributed by atoms with Gasteiger partial charge in [-0.1, -0.05) is 27.7 Å². The molecule has 0 bridgehead atoms. The highest BCUT2D eigenvalue weighted by Crippen LogP contribution is 2.45. The van der Waals surface area contributed by atoms with E-state index in [-0.39, 0.29) is 29.7 Å². The van der Waals surface area contributed by atoms with E-state index in [9.17, 15) is 0 Å². The summed E-state index contributed by atoms with van der Waals surface area (Å²) in [6.45, 7) is 8.72. The fourth-order valence-electron chi connectivity index (χ4n) is 4.36. The molecule has 154 valence electrons. The van der Waals surface area contributed by atoms with Crippen molar-refractivity contribution in [3.8, 4) is 0 Å². The molecule has 6 heteroatoms. The first kappa shape index (κ1) is 22.8. The van der Waals surface area contributed by atoms with Crippen LogP contribution in [0, 0.1) is 0 Å². The number of methoxy groups -OCH3 is 2. The van der Waals surface area contributed by atoms with Crippen molar-refractivity contribution in [3.05, 3.63) is 0 Å². The minimum atomic E-state index is -0.333. The van der Waals surface area contributed by atoms with Crippen molar-refractivity contribution in [3.63, 3.8) is 0 Å². The molecule has 2 saturated heterocycles. The molecular weight excluding hydrogens is 368 g/mol. The molecule has 2 fully saturated rings. The van der Waals surface area contributed by atoms with Crippen molar-refractivity contribution >= 4 is 23.5 Å². The van der Waals surface area contributed by atoms with Gasteiger partial charge >= 0.3 is 0 Å². The van der Waals surface area contributed by atoms with Crippen molar-refractivity contribution in [2.75, 3.05) is 25.7 Å². The highest BCUT2D eigenvalue weighted by molar-refractivity contribution is 8.17. The van der Waals surface area contributed by atoms with Crippen LogP contribution in [0.1, 0.15) is 66.2 Å². The molecule has 0 aromatic rings. The van der Waals surface area contributed by atoms with E-state index < -0.39 is 0 Å². The van der Waals surface area contributed by atoms with E-state index in [1.54, 1.807) is 14.2 Å². The van der Waals surface area contributed by atoms with Crippen LogP contribution in [0.2, 0.25) is 0 Å². The van der Waals surface area contributed by atoms with E-state index in [1.807, 2.05) is 23.5 Å². The third kappa shape index (κ3) is 4.57. The predicted octanol–water partition coefficient (Wildman–Crippen LogP) is 5.09. The van der Waals surface area contributed by atoms with E-state index in [0.29, 0.717) is 4.58 Å². The van der Waals surface area contributed by atoms with Crippen LogP contribution in [0.5, 0.6) is 0 Å². The predicted molar refractivity (Wildman–Crippen MR) is 112 cm³/mol. The average molecular weight is 407 g/mol. The van der Waals surface area contributed by atoms with Gasteiger partial charge in [0.2, 0.25) is 0 Å². The Bertz CT molecular complexity index is 362. The first-order valence-corrected chi connectivity index (χ1v) is 12.3. The number of hydrogen-bond donors (Lipinski definition) is 0. The monoisotopic (exact) mass is 406 g/mol. The first-order chi connectivity index (χ1) is 12.5. The summed E-state index contributed by atoms with van der Waals surface area (Å²) in [5, 5.41) is 0. The highest BCUT2D eigenvalue weighted by atomic mass is 32.2. The largest absolute Gasteiger partial charge is 0.375 e. The molecule has 2 aliphatic rings. The van der Waals surface area contributed by atoms with Crippen LogP contribution in [-0.4, -0.2) is 60.0 Å². The smallest absolute Gasteiger partial charge is 0.160 e. The average Bonchev–Trinajstić information content (AvgIpc) is 3.11. The van der Waals surface area contributed by atoms with Crippen molar-refractivity contribution in [1.29, 1.82) is 0 Å². The summed E-state index contributed by atoms with van der Waals surface area (Å²) in [6, 6.07) is 0. The Morgan fingerprint density at radius 3 is 1.58 bits per heavy atom. The van der Waals surface area contributed by atoms with Crippen LogP contribution >= 0.6 is 23.5 Å². The van der Waals surface area contributed by atoms with Crippen LogP contribution in [-0.2, 0) is 18.9 Å². The van der Waals surface area contributed by atoms with Crippen LogP contribution < -0.4 is 0 Å². The summed E-state index contributed by atoms with van der Waals surface area (Å²) in [5.74, 6) is 2.49. The molecule has 0 aromatic heterocycles. The van der Waals surface area contributed by atoms with E-state index >= 15 is 0 Å². The van der Waals surface area contributed by atoms with Gasteiger partial charge in [0.05, 0.1) is 15.8 Å². The van der Waals surface area contributed by atoms with Gasteiger partial charge in [-0.25, -0.2) is 0 Å². The summed E-state index contributed by atoms with van der Waals surface area (Å²) in [6.07, 6.45) is 5.46. The molecule has 0 unspecified atom stereocenters. The minimum Gasteiger partial charge on any atom is -0.375 e. The molecule has 0 amide bonds. The summed E-state index contributed by atoms with van der Waals surface area (Å²) in [7, 11) is 3.61. The van der Waals surface area contributed by atoms with Gasteiger partial charge in [-0.2, -0.15) is 0 Å². The van der Waals surface area contributed by atoms with Gasteiger partial charge in [-0.15, -0.1) is 23.5 Å². The summed E-state index contributed by atoms with van der Waals surface area (Å²) in [4.78, 5) is 0. The Morgan fingerprint density at radius 2 is 1.23 bits per heavy atom. The molecule has 0 radical (unpaired) electrons. The SMILES string of the molecule is CCC(CC)(OC)[C@@H]1OC(CC2SCCCS2)O[C@H]1C(CC)(CC)OC. The van der Waals surface area contributed by atoms with E-state index in [4.69, 9.17) is 18.9 Å². The van der Waals surface area contributed by atoms with Crippen LogP contribution in [0.25, 0.3) is 0 Å². The van der Waals surface area contributed by atoms with Crippen molar-refractivity contribution < 1.29 is 18.9 Å². The highest BCUT2D eigenvalue weighted by Gasteiger charge is 2.56. The zero-order valence-electron chi connectivity index (χ0n) is 17.4. The fourth-order valence-corrected chi connectivity index (χ4v) is 7.24. The van der Waals surface area contributed by atoms with Gasteiger partial charge in [0, 0.05) is 20.6 Å². The summed E-state index contributed by atoms with van der Waals surface area (Å²) < 4.78 is 25.8. The van der Waals surface area contributed by atoms with Crippen molar-refractivity contribution in [2.45, 2.75) is 101 Å². The van der Waals surface area contributed by atoms with E-state index in [0.717, 1.165) is 32.1 Å². The third-order valence-corrected chi connectivity index (χ3v) is 9.39. The molecule has 0 aromatic carbocycles. The van der Waals surface area contributed by atoms with Gasteiger partial charge in [-0.05, 0) is 43.6 Å². The van der Waals surface area contributed by atoms with Crippen molar-refractivity contribution in [1.82, 2.24) is 0 Å². The Kier molecular flexibility index (Phi) is 9.09. The zero-order chi connectivity index (χ0) is 19.2. The maximum absolute atomic E-state index is 6.57. The van der Waals surface area contributed by atoms with E-state index in [1.165, 1.54) is 17.9 Å². The van der Waals surface area contributed by atoms with Crippen LogP contribution in [0.15, 0.2) is 0 Å². The number of rotatable bonds is 10. The Hall–Kier alpha value is 0.540. The second kappa shape index (κ2) is 10.4. The lowest BCUT2D eigenvalue weighted by Gasteiger charge is -2.44. The first-order valence-electron chi connectivity index (χ1n) is 10.2. The standard InChI is InChI=1S/C20H38O4S2/c1-7-19(8-2,21-5)17-18(20(9-3,10-4)22-6)24-15(23-17)14-16-25-12-11-13-26-16/h15-18H,7-14H2,1-6H3/t17-,18-/m1/s1. The molecule has 0 N–H and O–H groups in total. The summed E-state index contributed by atoms with van der Waals surface area (Å²) >= 11 is 4.08. The molecule has 0 saturated carbocycles. The fraction of sp³-hybridized carbons (Fsp3) is 1.00. The number of ether oxygens (including phenoxy) is 4. The Morgan fingerprint density at radius 1 is 0.808 bits per heavy atom. The maximum atomic E-state index is 6.57. The third-order valence-electron chi connectivity index (χ3n) is 6.40. The molecule has 0 aliphatic carbocycles. The van der Waals surface area contributed by atoms with Gasteiger partial charge in [0.15, 0.2) is 6.29 Å². The number of thioether (sulfide) groups is 2. The minimum absolute atomic E-state index is 0.106. The normalized spacial score (nSPS) is 26.5. The molecule has 2 rings (SSSR count). The van der Waals surface area contributed by atoms with Gasteiger partial charge in [-0.3, -0.25) is 0 Å². The molecule has 2 aliphatic heterocycles. The zero-order valence-corrected chi connectivity index (χ0v) is 19.0. The Labute approximate surface area is 168 Å². The summed E-state index contributed by atoms with van der Waals surface area (Å²) in [5.41, 5.74) is -0.666. The molecular formula is C20H38O4S2. The molecule has 0 spiro atoms. The molecule has 2 atom stereocenters. The Balaban J connectivity index is 2.25. The van der Waals surface area contributed by atoms with E-state index in [2.05, 4.69) is 27.7 Å². The molecule has 4 nitrogen and oxygen atoms in total. The van der Waals surface area contributed by atoms with Gasteiger partial charge in [0.25, 0.3) is 0 Å². The van der Waals surface area contributed by atoms with Gasteiger partial charge < -0.3 is 18.9 Å². The van der Waals surface area contributed by atoms with Crippen molar-refractivity contribution in [2.24, 2.45) is 0 Å². The van der Waals surface area contributed by atoms with Crippen LogP contribution in [0.4, 0.5) is 0 Å².